The van der Waals surface area contributed by atoms with Gasteiger partial charge in [0.1, 0.15) is 0 Å². The molecule has 0 aromatic heterocycles. The van der Waals surface area contributed by atoms with Crippen LogP contribution >= 0.6 is 0 Å². The molecule has 0 fully saturated rings. The van der Waals surface area contributed by atoms with Gasteiger partial charge in [-0.05, 0) is 25.9 Å². The summed E-state index contributed by atoms with van der Waals surface area (Å²) in [4.78, 5) is 2.61. The molecule has 146 valence electrons. The summed E-state index contributed by atoms with van der Waals surface area (Å²) in [5, 5.41) is 13.8. The summed E-state index contributed by atoms with van der Waals surface area (Å²) in [6.07, 6.45) is 2.40. The van der Waals surface area contributed by atoms with Gasteiger partial charge in [0, 0.05) is 64.4 Å². The van der Waals surface area contributed by atoms with Crippen LogP contribution in [-0.2, 0) is 0 Å². The molecule has 0 aliphatic heterocycles. The molecule has 0 bridgehead atoms. The minimum atomic E-state index is 0.307. The van der Waals surface area contributed by atoms with E-state index in [0.29, 0.717) is 12.1 Å². The average molecular weight is 345 g/mol. The number of rotatable bonds is 18. The van der Waals surface area contributed by atoms with Gasteiger partial charge in [0.15, 0.2) is 0 Å². The molecule has 6 nitrogen and oxygen atoms in total. The second-order valence-electron chi connectivity index (χ2n) is 6.32. The molecule has 0 aromatic carbocycles. The van der Waals surface area contributed by atoms with Crippen molar-refractivity contribution in [2.45, 2.75) is 46.1 Å². The maximum absolute atomic E-state index is 5.42. The zero-order valence-corrected chi connectivity index (χ0v) is 16.7. The zero-order valence-electron chi connectivity index (χ0n) is 16.7. The van der Waals surface area contributed by atoms with Crippen molar-refractivity contribution < 1.29 is 0 Å². The van der Waals surface area contributed by atoms with E-state index in [9.17, 15) is 0 Å². The number of hydrogen-bond donors (Lipinski definition) is 5. The van der Waals surface area contributed by atoms with Crippen LogP contribution in [0.2, 0.25) is 0 Å². The standard InChI is InChI=1S/C18H44N6/c1-5-18(6-2,24(7-3)8-4)17-23-16-15-22-14-13-21-12-11-20-10-9-19/h20-23H,5-17,19H2,1-4H3. The van der Waals surface area contributed by atoms with Gasteiger partial charge in [-0.25, -0.2) is 0 Å². The number of likely N-dealkylation sites (N-methyl/N-ethyl adjacent to an activating group) is 1. The van der Waals surface area contributed by atoms with Gasteiger partial charge in [-0.2, -0.15) is 0 Å². The number of nitrogens with zero attached hydrogens (tertiary/aromatic N) is 1. The topological polar surface area (TPSA) is 77.4 Å². The van der Waals surface area contributed by atoms with E-state index in [2.05, 4.69) is 53.9 Å². The molecular formula is C18H44N6. The monoisotopic (exact) mass is 344 g/mol. The molecule has 0 rings (SSSR count). The SMILES string of the molecule is CCN(CC)C(CC)(CC)CNCCNCCNCCNCCN. The van der Waals surface area contributed by atoms with Crippen LogP contribution in [-0.4, -0.2) is 82.4 Å². The summed E-state index contributed by atoms with van der Waals surface area (Å²) < 4.78 is 0. The predicted molar refractivity (Wildman–Crippen MR) is 107 cm³/mol. The highest BCUT2D eigenvalue weighted by Gasteiger charge is 2.30. The van der Waals surface area contributed by atoms with Crippen molar-refractivity contribution in [3.63, 3.8) is 0 Å². The Morgan fingerprint density at radius 3 is 1.46 bits per heavy atom. The first-order chi connectivity index (χ1) is 11.7. The Morgan fingerprint density at radius 2 is 1.08 bits per heavy atom. The second-order valence-corrected chi connectivity index (χ2v) is 6.32. The number of nitrogens with two attached hydrogens (primary N) is 1. The van der Waals surface area contributed by atoms with Crippen LogP contribution in [0.4, 0.5) is 0 Å². The van der Waals surface area contributed by atoms with E-state index in [-0.39, 0.29) is 0 Å². The molecule has 0 saturated carbocycles. The molecular weight excluding hydrogens is 300 g/mol. The van der Waals surface area contributed by atoms with Gasteiger partial charge in [0.25, 0.3) is 0 Å². The van der Waals surface area contributed by atoms with Crippen LogP contribution in [0.3, 0.4) is 0 Å². The molecule has 0 radical (unpaired) electrons. The molecule has 0 saturated heterocycles. The van der Waals surface area contributed by atoms with Crippen molar-refractivity contribution in [2.75, 3.05) is 72.0 Å². The lowest BCUT2D eigenvalue weighted by Crippen LogP contribution is -2.54. The van der Waals surface area contributed by atoms with Gasteiger partial charge in [-0.1, -0.05) is 27.7 Å². The fourth-order valence-corrected chi connectivity index (χ4v) is 3.28. The lowest BCUT2D eigenvalue weighted by Gasteiger charge is -2.42. The molecule has 0 unspecified atom stereocenters. The zero-order chi connectivity index (χ0) is 18.1. The molecule has 24 heavy (non-hydrogen) atoms. The Morgan fingerprint density at radius 1 is 0.667 bits per heavy atom. The van der Waals surface area contributed by atoms with Crippen LogP contribution in [0.1, 0.15) is 40.5 Å². The van der Waals surface area contributed by atoms with Gasteiger partial charge in [0.2, 0.25) is 0 Å². The lowest BCUT2D eigenvalue weighted by atomic mass is 9.90. The van der Waals surface area contributed by atoms with Crippen LogP contribution in [0.25, 0.3) is 0 Å². The Kier molecular flexibility index (Phi) is 16.1. The van der Waals surface area contributed by atoms with Gasteiger partial charge in [-0.15, -0.1) is 0 Å². The average Bonchev–Trinajstić information content (AvgIpc) is 2.62. The van der Waals surface area contributed by atoms with Crippen LogP contribution < -0.4 is 27.0 Å². The normalized spacial score (nSPS) is 12.2. The van der Waals surface area contributed by atoms with E-state index in [1.165, 1.54) is 12.8 Å². The Bertz CT molecular complexity index is 254. The quantitative estimate of drug-likeness (QED) is 0.229. The lowest BCUT2D eigenvalue weighted by molar-refractivity contribution is 0.0884. The first-order valence-electron chi connectivity index (χ1n) is 9.98. The molecule has 0 aliphatic rings. The minimum absolute atomic E-state index is 0.307. The third-order valence-corrected chi connectivity index (χ3v) is 4.96. The van der Waals surface area contributed by atoms with Gasteiger partial charge in [0.05, 0.1) is 0 Å². The maximum atomic E-state index is 5.42. The first-order valence-corrected chi connectivity index (χ1v) is 9.98. The Hall–Kier alpha value is -0.240. The highest BCUT2D eigenvalue weighted by atomic mass is 15.2. The fourth-order valence-electron chi connectivity index (χ4n) is 3.28. The Labute approximate surface area is 150 Å². The highest BCUT2D eigenvalue weighted by Crippen LogP contribution is 2.22. The summed E-state index contributed by atoms with van der Waals surface area (Å²) in [5.74, 6) is 0. The molecule has 0 amide bonds. The van der Waals surface area contributed by atoms with Crippen molar-refractivity contribution in [1.82, 2.24) is 26.2 Å². The van der Waals surface area contributed by atoms with Crippen LogP contribution in [0, 0.1) is 0 Å². The van der Waals surface area contributed by atoms with Crippen molar-refractivity contribution in [3.05, 3.63) is 0 Å². The molecule has 6 heteroatoms. The van der Waals surface area contributed by atoms with Crippen molar-refractivity contribution >= 4 is 0 Å². The molecule has 0 heterocycles. The smallest absolute Gasteiger partial charge is 0.0328 e. The first kappa shape index (κ1) is 23.8. The summed E-state index contributed by atoms with van der Waals surface area (Å²) in [7, 11) is 0. The van der Waals surface area contributed by atoms with Crippen molar-refractivity contribution in [2.24, 2.45) is 5.73 Å². The predicted octanol–water partition coefficient (Wildman–Crippen LogP) is 0.204. The number of nitrogens with one attached hydrogen (secondary N) is 4. The summed E-state index contributed by atoms with van der Waals surface area (Å²) >= 11 is 0. The van der Waals surface area contributed by atoms with E-state index in [4.69, 9.17) is 5.73 Å². The summed E-state index contributed by atoms with van der Waals surface area (Å²) in [6.45, 7) is 20.2. The van der Waals surface area contributed by atoms with Gasteiger partial charge >= 0.3 is 0 Å². The van der Waals surface area contributed by atoms with E-state index >= 15 is 0 Å². The van der Waals surface area contributed by atoms with Gasteiger partial charge in [-0.3, -0.25) is 4.90 Å². The molecule has 0 aliphatic carbocycles. The molecule has 6 N–H and O–H groups in total. The van der Waals surface area contributed by atoms with Crippen molar-refractivity contribution in [1.29, 1.82) is 0 Å². The van der Waals surface area contributed by atoms with E-state index < -0.39 is 0 Å². The summed E-state index contributed by atoms with van der Waals surface area (Å²) in [5.41, 5.74) is 5.73. The van der Waals surface area contributed by atoms with E-state index in [1.54, 1.807) is 0 Å². The van der Waals surface area contributed by atoms with Crippen LogP contribution in [0.5, 0.6) is 0 Å². The summed E-state index contributed by atoms with van der Waals surface area (Å²) in [6, 6.07) is 0. The van der Waals surface area contributed by atoms with E-state index in [1.807, 2.05) is 0 Å². The molecule has 0 atom stereocenters. The Balaban J connectivity index is 3.66. The van der Waals surface area contributed by atoms with Crippen LogP contribution in [0.15, 0.2) is 0 Å². The molecule has 0 spiro atoms. The minimum Gasteiger partial charge on any atom is -0.329 e. The van der Waals surface area contributed by atoms with Gasteiger partial charge < -0.3 is 27.0 Å². The fraction of sp³-hybridized carbons (Fsp3) is 1.00. The maximum Gasteiger partial charge on any atom is 0.0328 e. The largest absolute Gasteiger partial charge is 0.329 e. The van der Waals surface area contributed by atoms with E-state index in [0.717, 1.165) is 65.4 Å². The molecule has 0 aromatic rings. The number of hydrogen-bond acceptors (Lipinski definition) is 6. The third-order valence-electron chi connectivity index (χ3n) is 4.96. The van der Waals surface area contributed by atoms with Crippen molar-refractivity contribution in [3.8, 4) is 0 Å². The third kappa shape index (κ3) is 9.91. The highest BCUT2D eigenvalue weighted by molar-refractivity contribution is 4.89. The second kappa shape index (κ2) is 16.2.